The maximum atomic E-state index is 14.0. The predicted molar refractivity (Wildman–Crippen MR) is 145 cm³/mol. The van der Waals surface area contributed by atoms with E-state index < -0.39 is 11.6 Å². The fourth-order valence-corrected chi connectivity index (χ4v) is 4.72. The fourth-order valence-electron chi connectivity index (χ4n) is 4.72. The monoisotopic (exact) mass is 525 g/mol. The lowest BCUT2D eigenvalue weighted by molar-refractivity contribution is 0.283. The molecule has 4 aromatic carbocycles. The second kappa shape index (κ2) is 12.3. The largest absolute Gasteiger partial charge is 0.508 e. The molecule has 0 aliphatic carbocycles. The van der Waals surface area contributed by atoms with Gasteiger partial charge in [-0.2, -0.15) is 0 Å². The number of rotatable bonds is 7. The van der Waals surface area contributed by atoms with Crippen LogP contribution in [-0.4, -0.2) is 24.3 Å². The molecule has 1 saturated heterocycles. The Morgan fingerprint density at radius 1 is 0.838 bits per heavy atom. The number of nitrogens with one attached hydrogen (secondary N) is 1. The third-order valence-electron chi connectivity index (χ3n) is 6.57. The average molecular weight is 526 g/mol. The Labute approximate surface area is 221 Å². The molecule has 5 rings (SSSR count). The van der Waals surface area contributed by atoms with E-state index in [1.807, 2.05) is 24.3 Å². The van der Waals surface area contributed by atoms with E-state index in [0.29, 0.717) is 40.7 Å². The molecule has 7 heteroatoms. The van der Waals surface area contributed by atoms with Crippen LogP contribution in [0.15, 0.2) is 72.8 Å². The summed E-state index contributed by atoms with van der Waals surface area (Å²) < 4.78 is 40.2. The van der Waals surface area contributed by atoms with Crippen LogP contribution in [0.25, 0.3) is 21.9 Å². The Morgan fingerprint density at radius 3 is 2.38 bits per heavy atom. The summed E-state index contributed by atoms with van der Waals surface area (Å²) in [4.78, 5) is 0. The number of phenolic OH excluding ortho intramolecular Hbond substituents is 1. The van der Waals surface area contributed by atoms with Gasteiger partial charge in [0, 0.05) is 23.1 Å². The molecule has 1 fully saturated rings. The van der Waals surface area contributed by atoms with Crippen molar-refractivity contribution in [3.8, 4) is 34.1 Å². The van der Waals surface area contributed by atoms with Crippen LogP contribution in [0, 0.1) is 11.6 Å². The Morgan fingerprint density at radius 2 is 1.59 bits per heavy atom. The molecule has 1 heterocycles. The topological polar surface area (TPSA) is 50.7 Å². The number of hydrogen-bond acceptors (Lipinski definition) is 4. The standard InChI is InChI=1S/C30H29F2NO3.ClH/c31-22-16-21(17-23(32)19-22)29-11-5-20-18-25(34)6-12-28(20)30(29)36-27-9-7-26(8-10-27)35-15-13-24-4-2-1-3-14-33-24;/h5-12,16-19,24,33-34H,1-4,13-15H2;1H. The highest BCUT2D eigenvalue weighted by Crippen LogP contribution is 2.41. The van der Waals surface area contributed by atoms with E-state index in [2.05, 4.69) is 5.32 Å². The second-order valence-corrected chi connectivity index (χ2v) is 9.22. The van der Waals surface area contributed by atoms with Crippen LogP contribution in [0.3, 0.4) is 0 Å². The van der Waals surface area contributed by atoms with Crippen molar-refractivity contribution in [2.45, 2.75) is 38.1 Å². The Balaban J connectivity index is 0.00000320. The normalized spacial score (nSPS) is 15.6. The lowest BCUT2D eigenvalue weighted by atomic mass is 9.99. The highest BCUT2D eigenvalue weighted by molar-refractivity contribution is 5.96. The Bertz CT molecular complexity index is 1320. The SMILES string of the molecule is Cl.Oc1ccc2c(Oc3ccc(OCCC4CCCCCN4)cc3)c(-c3cc(F)cc(F)c3)ccc2c1. The molecular formula is C30H30ClF2NO3. The number of hydrogen-bond donors (Lipinski definition) is 2. The van der Waals surface area contributed by atoms with Gasteiger partial charge in [0.2, 0.25) is 0 Å². The molecule has 0 radical (unpaired) electrons. The third-order valence-corrected chi connectivity index (χ3v) is 6.57. The fraction of sp³-hybridized carbons (Fsp3) is 0.267. The van der Waals surface area contributed by atoms with Crippen molar-refractivity contribution in [1.82, 2.24) is 5.32 Å². The molecule has 0 spiro atoms. The number of ether oxygens (including phenoxy) is 2. The van der Waals surface area contributed by atoms with Gasteiger partial charge in [-0.3, -0.25) is 0 Å². The lowest BCUT2D eigenvalue weighted by Gasteiger charge is -2.17. The van der Waals surface area contributed by atoms with E-state index in [-0.39, 0.29) is 18.2 Å². The number of benzene rings is 4. The van der Waals surface area contributed by atoms with Crippen molar-refractivity contribution in [2.75, 3.05) is 13.2 Å². The number of halogens is 3. The van der Waals surface area contributed by atoms with Crippen molar-refractivity contribution in [1.29, 1.82) is 0 Å². The molecule has 0 amide bonds. The van der Waals surface area contributed by atoms with E-state index in [1.54, 1.807) is 30.3 Å². The zero-order chi connectivity index (χ0) is 24.9. The summed E-state index contributed by atoms with van der Waals surface area (Å²) in [6.07, 6.45) is 5.96. The number of phenols is 1. The molecular weight excluding hydrogens is 496 g/mol. The van der Waals surface area contributed by atoms with Gasteiger partial charge in [0.05, 0.1) is 6.61 Å². The molecule has 2 N–H and O–H groups in total. The zero-order valence-electron chi connectivity index (χ0n) is 20.4. The smallest absolute Gasteiger partial charge is 0.143 e. The van der Waals surface area contributed by atoms with Crippen LogP contribution in [0.2, 0.25) is 0 Å². The highest BCUT2D eigenvalue weighted by Gasteiger charge is 2.15. The zero-order valence-corrected chi connectivity index (χ0v) is 21.2. The first kappa shape index (κ1) is 26.7. The highest BCUT2D eigenvalue weighted by atomic mass is 35.5. The molecule has 1 aliphatic rings. The molecule has 194 valence electrons. The summed E-state index contributed by atoms with van der Waals surface area (Å²) in [6, 6.07) is 19.7. The van der Waals surface area contributed by atoms with E-state index in [0.717, 1.165) is 30.2 Å². The van der Waals surface area contributed by atoms with Crippen molar-refractivity contribution in [3.05, 3.63) is 84.4 Å². The van der Waals surface area contributed by atoms with Crippen LogP contribution in [-0.2, 0) is 0 Å². The van der Waals surface area contributed by atoms with Gasteiger partial charge < -0.3 is 19.9 Å². The Hall–Kier alpha value is -3.35. The van der Waals surface area contributed by atoms with Crippen molar-refractivity contribution in [3.63, 3.8) is 0 Å². The van der Waals surface area contributed by atoms with Gasteiger partial charge in [-0.05, 0) is 97.4 Å². The summed E-state index contributed by atoms with van der Waals surface area (Å²) in [5, 5.41) is 15.0. The molecule has 37 heavy (non-hydrogen) atoms. The maximum Gasteiger partial charge on any atom is 0.143 e. The minimum Gasteiger partial charge on any atom is -0.508 e. The van der Waals surface area contributed by atoms with Crippen LogP contribution in [0.4, 0.5) is 8.78 Å². The van der Waals surface area contributed by atoms with Gasteiger partial charge in [-0.15, -0.1) is 12.4 Å². The van der Waals surface area contributed by atoms with E-state index >= 15 is 0 Å². The molecule has 4 aromatic rings. The Kier molecular flexibility index (Phi) is 8.85. The molecule has 0 saturated carbocycles. The van der Waals surface area contributed by atoms with Gasteiger partial charge in [0.25, 0.3) is 0 Å². The second-order valence-electron chi connectivity index (χ2n) is 9.22. The van der Waals surface area contributed by atoms with Crippen LogP contribution >= 0.6 is 12.4 Å². The van der Waals surface area contributed by atoms with Crippen molar-refractivity contribution >= 4 is 23.2 Å². The van der Waals surface area contributed by atoms with Gasteiger partial charge in [-0.25, -0.2) is 8.78 Å². The van der Waals surface area contributed by atoms with Gasteiger partial charge >= 0.3 is 0 Å². The van der Waals surface area contributed by atoms with Crippen LogP contribution in [0.5, 0.6) is 23.0 Å². The number of aromatic hydroxyl groups is 1. The average Bonchev–Trinajstić information content (AvgIpc) is 3.13. The van der Waals surface area contributed by atoms with E-state index in [4.69, 9.17) is 9.47 Å². The first-order valence-corrected chi connectivity index (χ1v) is 12.4. The summed E-state index contributed by atoms with van der Waals surface area (Å²) in [7, 11) is 0. The van der Waals surface area contributed by atoms with Crippen LogP contribution in [0.1, 0.15) is 32.1 Å². The minimum absolute atomic E-state index is 0. The third kappa shape index (κ3) is 6.70. The number of fused-ring (bicyclic) bond motifs is 1. The maximum absolute atomic E-state index is 14.0. The molecule has 4 nitrogen and oxygen atoms in total. The van der Waals surface area contributed by atoms with Crippen LogP contribution < -0.4 is 14.8 Å². The van der Waals surface area contributed by atoms with Gasteiger partial charge in [-0.1, -0.05) is 18.9 Å². The molecule has 0 bridgehead atoms. The summed E-state index contributed by atoms with van der Waals surface area (Å²) in [6.45, 7) is 1.72. The van der Waals surface area contributed by atoms with Gasteiger partial charge in [0.15, 0.2) is 0 Å². The molecule has 1 aliphatic heterocycles. The van der Waals surface area contributed by atoms with Crippen molar-refractivity contribution in [2.24, 2.45) is 0 Å². The first-order chi connectivity index (χ1) is 17.5. The predicted octanol–water partition coefficient (Wildman–Crippen LogP) is 8.01. The van der Waals surface area contributed by atoms with E-state index in [1.165, 1.54) is 37.8 Å². The molecule has 1 atom stereocenters. The van der Waals surface area contributed by atoms with Gasteiger partial charge in [0.1, 0.15) is 34.6 Å². The van der Waals surface area contributed by atoms with Crippen molar-refractivity contribution < 1.29 is 23.4 Å². The summed E-state index contributed by atoms with van der Waals surface area (Å²) in [5.74, 6) is 0.562. The minimum atomic E-state index is -0.665. The first-order valence-electron chi connectivity index (χ1n) is 12.4. The quantitative estimate of drug-likeness (QED) is 0.256. The molecule has 1 unspecified atom stereocenters. The summed E-state index contributed by atoms with van der Waals surface area (Å²) in [5.41, 5.74) is 0.910. The lowest BCUT2D eigenvalue weighted by Crippen LogP contribution is -2.29. The molecule has 0 aromatic heterocycles. The van der Waals surface area contributed by atoms with E-state index in [9.17, 15) is 13.9 Å². The summed E-state index contributed by atoms with van der Waals surface area (Å²) >= 11 is 0.